The topological polar surface area (TPSA) is 21.8 Å². The van der Waals surface area contributed by atoms with Gasteiger partial charge >= 0.3 is 0 Å². The van der Waals surface area contributed by atoms with Crippen LogP contribution in [-0.4, -0.2) is 85.2 Å². The van der Waals surface area contributed by atoms with Crippen molar-refractivity contribution in [3.8, 4) is 0 Å². The molecule has 4 nitrogen and oxygen atoms in total. The van der Waals surface area contributed by atoms with Crippen LogP contribution in [0.1, 0.15) is 27.2 Å². The van der Waals surface area contributed by atoms with E-state index in [9.17, 15) is 0 Å². The van der Waals surface area contributed by atoms with Gasteiger partial charge < -0.3 is 5.32 Å². The van der Waals surface area contributed by atoms with Gasteiger partial charge in [-0.3, -0.25) is 14.7 Å². The van der Waals surface area contributed by atoms with Crippen molar-refractivity contribution in [2.45, 2.75) is 45.3 Å². The Labute approximate surface area is 136 Å². The summed E-state index contributed by atoms with van der Waals surface area (Å²) in [5, 5.41) is 3.61. The summed E-state index contributed by atoms with van der Waals surface area (Å²) in [6, 6.07) is 2.31. The number of rotatable bonds is 4. The van der Waals surface area contributed by atoms with E-state index in [1.165, 1.54) is 58.8 Å². The van der Waals surface area contributed by atoms with Crippen molar-refractivity contribution >= 4 is 0 Å². The van der Waals surface area contributed by atoms with Gasteiger partial charge in [-0.05, 0) is 52.1 Å². The largest absolute Gasteiger partial charge is 0.316 e. The van der Waals surface area contributed by atoms with Crippen LogP contribution >= 0.6 is 0 Å². The van der Waals surface area contributed by atoms with Crippen LogP contribution in [0.4, 0.5) is 0 Å². The third-order valence-corrected chi connectivity index (χ3v) is 6.74. The number of hydrogen-bond acceptors (Lipinski definition) is 4. The van der Waals surface area contributed by atoms with Gasteiger partial charge in [0, 0.05) is 63.3 Å². The highest BCUT2D eigenvalue weighted by Gasteiger charge is 2.46. The molecule has 0 aromatic heterocycles. The maximum Gasteiger partial charge on any atom is 0.0276 e. The van der Waals surface area contributed by atoms with Gasteiger partial charge in [0.05, 0.1) is 0 Å². The summed E-state index contributed by atoms with van der Waals surface area (Å²) in [5.74, 6) is 2.77. The van der Waals surface area contributed by atoms with Gasteiger partial charge in [0.1, 0.15) is 0 Å². The lowest BCUT2D eigenvalue weighted by Crippen LogP contribution is -2.61. The smallest absolute Gasteiger partial charge is 0.0276 e. The SMILES string of the molecule is CC(C)N1CC2CN(C[C@@H](C)N3CC4CNCC(C4)C3)C2C1. The third-order valence-electron chi connectivity index (χ3n) is 6.74. The molecule has 4 unspecified atom stereocenters. The Kier molecular flexibility index (Phi) is 4.22. The van der Waals surface area contributed by atoms with Crippen LogP contribution in [0.25, 0.3) is 0 Å². The molecule has 4 saturated heterocycles. The minimum atomic E-state index is 0.721. The third kappa shape index (κ3) is 2.83. The molecule has 1 N–H and O–H groups in total. The molecule has 4 heterocycles. The highest BCUT2D eigenvalue weighted by atomic mass is 15.3. The van der Waals surface area contributed by atoms with E-state index in [1.807, 2.05) is 0 Å². The number of likely N-dealkylation sites (tertiary alicyclic amines) is 3. The molecule has 0 radical (unpaired) electrons. The predicted octanol–water partition coefficient (Wildman–Crippen LogP) is 0.941. The second-order valence-electron chi connectivity index (χ2n) is 8.76. The molecular weight excluding hydrogens is 272 g/mol. The van der Waals surface area contributed by atoms with Crippen LogP contribution < -0.4 is 5.32 Å². The van der Waals surface area contributed by atoms with E-state index in [1.54, 1.807) is 0 Å². The molecule has 22 heavy (non-hydrogen) atoms. The Morgan fingerprint density at radius 3 is 2.32 bits per heavy atom. The fourth-order valence-electron chi connectivity index (χ4n) is 5.37. The highest BCUT2D eigenvalue weighted by Crippen LogP contribution is 2.34. The van der Waals surface area contributed by atoms with E-state index in [0.717, 1.165) is 35.9 Å². The summed E-state index contributed by atoms with van der Waals surface area (Å²) >= 11 is 0. The number of piperidine rings is 2. The zero-order valence-corrected chi connectivity index (χ0v) is 14.7. The molecule has 4 aliphatic rings. The second-order valence-corrected chi connectivity index (χ2v) is 8.76. The summed E-state index contributed by atoms with van der Waals surface area (Å²) in [5.41, 5.74) is 0. The van der Waals surface area contributed by atoms with Gasteiger partial charge in [0.15, 0.2) is 0 Å². The first kappa shape index (κ1) is 15.4. The van der Waals surface area contributed by atoms with Crippen LogP contribution in [0.15, 0.2) is 0 Å². The maximum absolute atomic E-state index is 3.61. The van der Waals surface area contributed by atoms with E-state index in [0.29, 0.717) is 0 Å². The Morgan fingerprint density at radius 1 is 0.909 bits per heavy atom. The molecule has 0 aliphatic carbocycles. The lowest BCUT2D eigenvalue weighted by molar-refractivity contribution is 0.00130. The Morgan fingerprint density at radius 2 is 1.64 bits per heavy atom. The number of hydrogen-bond donors (Lipinski definition) is 1. The van der Waals surface area contributed by atoms with E-state index >= 15 is 0 Å². The number of fused-ring (bicyclic) bond motifs is 3. The molecule has 0 aromatic rings. The van der Waals surface area contributed by atoms with Crippen molar-refractivity contribution in [2.75, 3.05) is 52.4 Å². The summed E-state index contributed by atoms with van der Waals surface area (Å²) in [6.07, 6.45) is 1.47. The first-order chi connectivity index (χ1) is 10.6. The van der Waals surface area contributed by atoms with Gasteiger partial charge in [0.2, 0.25) is 0 Å². The molecule has 2 bridgehead atoms. The molecule has 0 spiro atoms. The molecule has 5 atom stereocenters. The normalized spacial score (nSPS) is 41.5. The minimum absolute atomic E-state index is 0.721. The average Bonchev–Trinajstić information content (AvgIpc) is 2.81. The zero-order chi connectivity index (χ0) is 15.3. The standard InChI is InChI=1S/C18H34N4/c1-13(2)20-10-17-11-22(18(17)12-20)7-14(3)21-8-15-4-16(9-21)6-19-5-15/h13-19H,4-12H2,1-3H3/t14-,15?,16?,17?,18?/m1/s1. The second kappa shape index (κ2) is 6.04. The maximum atomic E-state index is 3.61. The molecular formula is C18H34N4. The molecule has 0 amide bonds. The van der Waals surface area contributed by atoms with Crippen molar-refractivity contribution in [3.63, 3.8) is 0 Å². The Bertz CT molecular complexity index is 387. The first-order valence-electron chi connectivity index (χ1n) is 9.53. The van der Waals surface area contributed by atoms with E-state index in [2.05, 4.69) is 40.8 Å². The summed E-state index contributed by atoms with van der Waals surface area (Å²) in [6.45, 7) is 17.6. The Hall–Kier alpha value is -0.160. The molecule has 4 heteroatoms. The minimum Gasteiger partial charge on any atom is -0.316 e. The summed E-state index contributed by atoms with van der Waals surface area (Å²) in [4.78, 5) is 8.25. The molecule has 0 saturated carbocycles. The molecule has 0 aromatic carbocycles. The summed E-state index contributed by atoms with van der Waals surface area (Å²) < 4.78 is 0. The van der Waals surface area contributed by atoms with Gasteiger partial charge in [0.25, 0.3) is 0 Å². The van der Waals surface area contributed by atoms with E-state index in [-0.39, 0.29) is 0 Å². The van der Waals surface area contributed by atoms with Crippen LogP contribution in [0.2, 0.25) is 0 Å². The molecule has 4 aliphatic heterocycles. The van der Waals surface area contributed by atoms with Gasteiger partial charge in [-0.2, -0.15) is 0 Å². The van der Waals surface area contributed by atoms with Gasteiger partial charge in [-0.1, -0.05) is 0 Å². The monoisotopic (exact) mass is 306 g/mol. The van der Waals surface area contributed by atoms with Gasteiger partial charge in [-0.25, -0.2) is 0 Å². The number of nitrogens with zero attached hydrogens (tertiary/aromatic N) is 3. The predicted molar refractivity (Wildman–Crippen MR) is 91.1 cm³/mol. The Balaban J connectivity index is 1.29. The van der Waals surface area contributed by atoms with E-state index in [4.69, 9.17) is 0 Å². The fraction of sp³-hybridized carbons (Fsp3) is 1.00. The first-order valence-corrected chi connectivity index (χ1v) is 9.53. The van der Waals surface area contributed by atoms with Crippen molar-refractivity contribution in [1.29, 1.82) is 0 Å². The van der Waals surface area contributed by atoms with Crippen molar-refractivity contribution in [2.24, 2.45) is 17.8 Å². The quantitative estimate of drug-likeness (QED) is 0.834. The molecule has 4 fully saturated rings. The van der Waals surface area contributed by atoms with Crippen LogP contribution in [0, 0.1) is 17.8 Å². The highest BCUT2D eigenvalue weighted by molar-refractivity contribution is 5.02. The van der Waals surface area contributed by atoms with Crippen molar-refractivity contribution in [1.82, 2.24) is 20.0 Å². The van der Waals surface area contributed by atoms with Crippen molar-refractivity contribution in [3.05, 3.63) is 0 Å². The van der Waals surface area contributed by atoms with E-state index < -0.39 is 0 Å². The van der Waals surface area contributed by atoms with Crippen molar-refractivity contribution < 1.29 is 0 Å². The lowest BCUT2D eigenvalue weighted by atomic mass is 9.85. The van der Waals surface area contributed by atoms with Gasteiger partial charge in [-0.15, -0.1) is 0 Å². The van der Waals surface area contributed by atoms with Crippen LogP contribution in [0.5, 0.6) is 0 Å². The number of nitrogens with one attached hydrogen (secondary N) is 1. The average molecular weight is 306 g/mol. The lowest BCUT2D eigenvalue weighted by Gasteiger charge is -2.49. The molecule has 4 rings (SSSR count). The zero-order valence-electron chi connectivity index (χ0n) is 14.7. The summed E-state index contributed by atoms with van der Waals surface area (Å²) in [7, 11) is 0. The fourth-order valence-corrected chi connectivity index (χ4v) is 5.37. The molecule has 126 valence electrons. The van der Waals surface area contributed by atoms with Crippen LogP contribution in [-0.2, 0) is 0 Å². The van der Waals surface area contributed by atoms with Crippen LogP contribution in [0.3, 0.4) is 0 Å².